The SMILES string of the molecule is CCCCSCC(O)c1ccccc1N. The van der Waals surface area contributed by atoms with Crippen LogP contribution in [-0.2, 0) is 0 Å². The minimum atomic E-state index is -0.437. The van der Waals surface area contributed by atoms with E-state index in [1.165, 1.54) is 12.8 Å². The van der Waals surface area contributed by atoms with Gasteiger partial charge in [-0.3, -0.25) is 0 Å². The molecule has 1 rings (SSSR count). The second-order valence-corrected chi connectivity index (χ2v) is 4.72. The molecule has 3 heteroatoms. The van der Waals surface area contributed by atoms with Crippen LogP contribution < -0.4 is 5.73 Å². The molecule has 0 fully saturated rings. The van der Waals surface area contributed by atoms with E-state index in [9.17, 15) is 5.11 Å². The van der Waals surface area contributed by atoms with Crippen molar-refractivity contribution in [3.05, 3.63) is 29.8 Å². The van der Waals surface area contributed by atoms with Crippen LogP contribution in [0.4, 0.5) is 5.69 Å². The summed E-state index contributed by atoms with van der Waals surface area (Å²) in [6.07, 6.45) is 1.98. The molecule has 0 saturated carbocycles. The van der Waals surface area contributed by atoms with Crippen molar-refractivity contribution < 1.29 is 5.11 Å². The Morgan fingerprint density at radius 1 is 1.40 bits per heavy atom. The Labute approximate surface area is 95.9 Å². The summed E-state index contributed by atoms with van der Waals surface area (Å²) in [7, 11) is 0. The lowest BCUT2D eigenvalue weighted by molar-refractivity contribution is 0.205. The summed E-state index contributed by atoms with van der Waals surface area (Å²) in [6.45, 7) is 2.17. The van der Waals surface area contributed by atoms with Gasteiger partial charge in [-0.2, -0.15) is 11.8 Å². The van der Waals surface area contributed by atoms with Crippen molar-refractivity contribution in [1.29, 1.82) is 0 Å². The summed E-state index contributed by atoms with van der Waals surface area (Å²) < 4.78 is 0. The van der Waals surface area contributed by atoms with Crippen LogP contribution in [0.15, 0.2) is 24.3 Å². The zero-order valence-electron chi connectivity index (χ0n) is 9.15. The van der Waals surface area contributed by atoms with Gasteiger partial charge >= 0.3 is 0 Å². The lowest BCUT2D eigenvalue weighted by Gasteiger charge is -2.12. The Bertz CT molecular complexity index is 291. The van der Waals surface area contributed by atoms with Crippen molar-refractivity contribution in [2.45, 2.75) is 25.9 Å². The average Bonchev–Trinajstić information content (AvgIpc) is 2.25. The highest BCUT2D eigenvalue weighted by atomic mass is 32.2. The number of thioether (sulfide) groups is 1. The first-order valence-electron chi connectivity index (χ1n) is 5.36. The number of para-hydroxylation sites is 1. The number of benzene rings is 1. The molecule has 1 atom stereocenters. The second-order valence-electron chi connectivity index (χ2n) is 3.57. The van der Waals surface area contributed by atoms with Crippen LogP contribution in [0.3, 0.4) is 0 Å². The highest BCUT2D eigenvalue weighted by Crippen LogP contribution is 2.23. The molecule has 15 heavy (non-hydrogen) atoms. The molecular formula is C12H19NOS. The maximum Gasteiger partial charge on any atom is 0.0900 e. The number of anilines is 1. The fourth-order valence-corrected chi connectivity index (χ4v) is 2.41. The predicted octanol–water partition coefficient (Wildman–Crippen LogP) is 2.84. The normalized spacial score (nSPS) is 12.7. The van der Waals surface area contributed by atoms with E-state index in [1.807, 2.05) is 24.3 Å². The molecule has 0 bridgehead atoms. The van der Waals surface area contributed by atoms with E-state index >= 15 is 0 Å². The molecule has 0 heterocycles. The molecule has 84 valence electrons. The van der Waals surface area contributed by atoms with Gasteiger partial charge in [0.05, 0.1) is 6.10 Å². The van der Waals surface area contributed by atoms with Gasteiger partial charge in [0.1, 0.15) is 0 Å². The number of hydrogen-bond acceptors (Lipinski definition) is 3. The van der Waals surface area contributed by atoms with E-state index in [2.05, 4.69) is 6.92 Å². The molecule has 0 aliphatic rings. The van der Waals surface area contributed by atoms with E-state index in [0.29, 0.717) is 5.69 Å². The molecular weight excluding hydrogens is 206 g/mol. The van der Waals surface area contributed by atoms with Gasteiger partial charge in [0.2, 0.25) is 0 Å². The number of unbranched alkanes of at least 4 members (excludes halogenated alkanes) is 1. The third kappa shape index (κ3) is 4.14. The second kappa shape index (κ2) is 6.75. The standard InChI is InChI=1S/C12H19NOS/c1-2-3-8-15-9-12(14)10-6-4-5-7-11(10)13/h4-7,12,14H,2-3,8-9,13H2,1H3. The molecule has 3 N–H and O–H groups in total. The number of aliphatic hydroxyl groups is 1. The van der Waals surface area contributed by atoms with Gasteiger partial charge in [-0.15, -0.1) is 0 Å². The maximum atomic E-state index is 9.90. The number of nitrogen functional groups attached to an aromatic ring is 1. The van der Waals surface area contributed by atoms with Gasteiger partial charge < -0.3 is 10.8 Å². The average molecular weight is 225 g/mol. The Balaban J connectivity index is 2.40. The number of rotatable bonds is 6. The van der Waals surface area contributed by atoms with Crippen LogP contribution in [-0.4, -0.2) is 16.6 Å². The molecule has 0 spiro atoms. The quantitative estimate of drug-likeness (QED) is 0.578. The molecule has 0 aliphatic heterocycles. The number of hydrogen-bond donors (Lipinski definition) is 2. The van der Waals surface area contributed by atoms with E-state index in [-0.39, 0.29) is 0 Å². The molecule has 0 amide bonds. The summed E-state index contributed by atoms with van der Waals surface area (Å²) in [4.78, 5) is 0. The monoisotopic (exact) mass is 225 g/mol. The van der Waals surface area contributed by atoms with Crippen molar-refractivity contribution in [3.8, 4) is 0 Å². The Morgan fingerprint density at radius 2 is 2.13 bits per heavy atom. The van der Waals surface area contributed by atoms with Crippen molar-refractivity contribution >= 4 is 17.4 Å². The van der Waals surface area contributed by atoms with Crippen molar-refractivity contribution in [3.63, 3.8) is 0 Å². The summed E-state index contributed by atoms with van der Waals surface area (Å²) in [5, 5.41) is 9.90. The van der Waals surface area contributed by atoms with Gasteiger partial charge in [-0.1, -0.05) is 31.5 Å². The zero-order valence-corrected chi connectivity index (χ0v) is 9.96. The Morgan fingerprint density at radius 3 is 2.80 bits per heavy atom. The van der Waals surface area contributed by atoms with Crippen LogP contribution in [0.25, 0.3) is 0 Å². The number of aliphatic hydroxyl groups excluding tert-OH is 1. The zero-order chi connectivity index (χ0) is 11.1. The Hall–Kier alpha value is -0.670. The fraction of sp³-hybridized carbons (Fsp3) is 0.500. The third-order valence-corrected chi connectivity index (χ3v) is 3.40. The van der Waals surface area contributed by atoms with Gasteiger partial charge in [0.25, 0.3) is 0 Å². The predicted molar refractivity (Wildman–Crippen MR) is 68.0 cm³/mol. The maximum absolute atomic E-state index is 9.90. The highest BCUT2D eigenvalue weighted by molar-refractivity contribution is 7.99. The summed E-state index contributed by atoms with van der Waals surface area (Å²) in [5.41, 5.74) is 7.31. The summed E-state index contributed by atoms with van der Waals surface area (Å²) in [6, 6.07) is 7.51. The highest BCUT2D eigenvalue weighted by Gasteiger charge is 2.09. The van der Waals surface area contributed by atoms with E-state index < -0.39 is 6.10 Å². The molecule has 0 saturated heterocycles. The van der Waals surface area contributed by atoms with E-state index in [1.54, 1.807) is 11.8 Å². The topological polar surface area (TPSA) is 46.2 Å². The molecule has 2 nitrogen and oxygen atoms in total. The van der Waals surface area contributed by atoms with Gasteiger partial charge in [0.15, 0.2) is 0 Å². The molecule has 0 aromatic heterocycles. The van der Waals surface area contributed by atoms with Crippen LogP contribution in [0, 0.1) is 0 Å². The van der Waals surface area contributed by atoms with Crippen molar-refractivity contribution in [2.24, 2.45) is 0 Å². The van der Waals surface area contributed by atoms with E-state index in [0.717, 1.165) is 17.1 Å². The smallest absolute Gasteiger partial charge is 0.0900 e. The van der Waals surface area contributed by atoms with Crippen LogP contribution in [0.2, 0.25) is 0 Å². The fourth-order valence-electron chi connectivity index (χ4n) is 1.35. The molecule has 0 radical (unpaired) electrons. The number of nitrogens with two attached hydrogens (primary N) is 1. The first-order valence-corrected chi connectivity index (χ1v) is 6.51. The Kier molecular flexibility index (Phi) is 5.58. The summed E-state index contributed by atoms with van der Waals surface area (Å²) in [5.74, 6) is 1.84. The van der Waals surface area contributed by atoms with Crippen molar-refractivity contribution in [2.75, 3.05) is 17.2 Å². The van der Waals surface area contributed by atoms with Crippen LogP contribution >= 0.6 is 11.8 Å². The van der Waals surface area contributed by atoms with Crippen LogP contribution in [0.1, 0.15) is 31.4 Å². The first-order chi connectivity index (χ1) is 7.25. The van der Waals surface area contributed by atoms with Gasteiger partial charge in [0, 0.05) is 17.0 Å². The first kappa shape index (κ1) is 12.4. The molecule has 1 unspecified atom stereocenters. The van der Waals surface area contributed by atoms with Crippen LogP contribution in [0.5, 0.6) is 0 Å². The minimum Gasteiger partial charge on any atom is -0.398 e. The summed E-state index contributed by atoms with van der Waals surface area (Å²) >= 11 is 1.78. The molecule has 1 aromatic rings. The lowest BCUT2D eigenvalue weighted by Crippen LogP contribution is -2.04. The van der Waals surface area contributed by atoms with E-state index in [4.69, 9.17) is 5.73 Å². The van der Waals surface area contributed by atoms with Gasteiger partial charge in [-0.25, -0.2) is 0 Å². The molecule has 0 aliphatic carbocycles. The minimum absolute atomic E-state index is 0.437. The third-order valence-electron chi connectivity index (χ3n) is 2.27. The largest absolute Gasteiger partial charge is 0.398 e. The van der Waals surface area contributed by atoms with Crippen molar-refractivity contribution in [1.82, 2.24) is 0 Å². The molecule has 1 aromatic carbocycles. The van der Waals surface area contributed by atoms with Gasteiger partial charge in [-0.05, 0) is 18.2 Å². The lowest BCUT2D eigenvalue weighted by atomic mass is 10.1.